The summed E-state index contributed by atoms with van der Waals surface area (Å²) in [5.74, 6) is -2.10. The number of carboxylic acid groups (broad SMARTS) is 1. The molecule has 0 spiro atoms. The average Bonchev–Trinajstić information content (AvgIpc) is 2.95. The van der Waals surface area contributed by atoms with E-state index in [0.29, 0.717) is 6.04 Å². The van der Waals surface area contributed by atoms with Crippen molar-refractivity contribution in [3.05, 3.63) is 0 Å². The minimum absolute atomic E-state index is 0.0324. The molecule has 0 radical (unpaired) electrons. The Kier molecular flexibility index (Phi) is 4.04. The van der Waals surface area contributed by atoms with Gasteiger partial charge in [-0.05, 0) is 25.7 Å². The molecule has 4 atom stereocenters. The second kappa shape index (κ2) is 5.56. The minimum atomic E-state index is -1.13. The molecule has 2 rings (SSSR count). The second-order valence-electron chi connectivity index (χ2n) is 5.29. The van der Waals surface area contributed by atoms with Crippen molar-refractivity contribution in [2.75, 3.05) is 0 Å². The lowest BCUT2D eigenvalue weighted by atomic mass is 9.88. The van der Waals surface area contributed by atoms with Gasteiger partial charge in [-0.3, -0.25) is 9.59 Å². The number of carbonyl (C=O) groups excluding carboxylic acids is 2. The predicted molar refractivity (Wildman–Crippen MR) is 66.0 cm³/mol. The van der Waals surface area contributed by atoms with Gasteiger partial charge in [0.05, 0.1) is 5.92 Å². The number of hydrogen-bond donors (Lipinski definition) is 4. The van der Waals surface area contributed by atoms with Crippen LogP contribution in [0.25, 0.3) is 0 Å². The summed E-state index contributed by atoms with van der Waals surface area (Å²) < 4.78 is 0. The summed E-state index contributed by atoms with van der Waals surface area (Å²) in [4.78, 5) is 33.8. The Bertz CT molecular complexity index is 398. The first-order valence-corrected chi connectivity index (χ1v) is 6.55. The lowest BCUT2D eigenvalue weighted by Gasteiger charge is -2.22. The number of rotatable bonds is 6. The van der Waals surface area contributed by atoms with Gasteiger partial charge in [-0.15, -0.1) is 0 Å². The molecule has 7 nitrogen and oxygen atoms in total. The third-order valence-corrected chi connectivity index (χ3v) is 3.93. The summed E-state index contributed by atoms with van der Waals surface area (Å²) in [6, 6.07) is -0.496. The lowest BCUT2D eigenvalue weighted by Crippen LogP contribution is -2.46. The molecule has 0 aromatic carbocycles. The van der Waals surface area contributed by atoms with E-state index < -0.39 is 17.9 Å². The highest BCUT2D eigenvalue weighted by Crippen LogP contribution is 2.33. The van der Waals surface area contributed by atoms with Crippen molar-refractivity contribution in [1.82, 2.24) is 10.6 Å². The van der Waals surface area contributed by atoms with Crippen molar-refractivity contribution < 1.29 is 19.5 Å². The van der Waals surface area contributed by atoms with E-state index in [-0.39, 0.29) is 30.7 Å². The molecule has 2 aliphatic rings. The molecule has 7 heteroatoms. The van der Waals surface area contributed by atoms with E-state index in [1.807, 2.05) is 0 Å². The Hall–Kier alpha value is -1.63. The van der Waals surface area contributed by atoms with Crippen LogP contribution in [0, 0.1) is 5.92 Å². The van der Waals surface area contributed by atoms with Crippen LogP contribution in [0.1, 0.15) is 32.1 Å². The van der Waals surface area contributed by atoms with Crippen molar-refractivity contribution in [3.63, 3.8) is 0 Å². The molecule has 3 unspecified atom stereocenters. The molecule has 2 fully saturated rings. The summed E-state index contributed by atoms with van der Waals surface area (Å²) in [6.07, 6.45) is 2.79. The smallest absolute Gasteiger partial charge is 0.326 e. The quantitative estimate of drug-likeness (QED) is 0.491. The zero-order valence-corrected chi connectivity index (χ0v) is 10.6. The number of carboxylic acids is 1. The lowest BCUT2D eigenvalue weighted by molar-refractivity contribution is -0.143. The minimum Gasteiger partial charge on any atom is -0.480 e. The first kappa shape index (κ1) is 13.8. The number of fused-ring (bicyclic) bond motifs is 2. The van der Waals surface area contributed by atoms with Crippen molar-refractivity contribution >= 4 is 17.8 Å². The summed E-state index contributed by atoms with van der Waals surface area (Å²) in [6.45, 7) is 0. The Morgan fingerprint density at radius 3 is 2.58 bits per heavy atom. The molecule has 0 aliphatic carbocycles. The second-order valence-corrected chi connectivity index (χ2v) is 5.29. The van der Waals surface area contributed by atoms with Crippen molar-refractivity contribution in [3.8, 4) is 0 Å². The van der Waals surface area contributed by atoms with Crippen LogP contribution in [0.4, 0.5) is 0 Å². The van der Waals surface area contributed by atoms with E-state index in [9.17, 15) is 14.4 Å². The Balaban J connectivity index is 1.88. The monoisotopic (exact) mass is 269 g/mol. The number of aliphatic carboxylic acids is 1. The predicted octanol–water partition coefficient (Wildman–Crippen LogP) is -1.04. The third-order valence-electron chi connectivity index (χ3n) is 3.93. The molecule has 106 valence electrons. The molecule has 19 heavy (non-hydrogen) atoms. The number of carbonyl (C=O) groups is 3. The van der Waals surface area contributed by atoms with Gasteiger partial charge in [0, 0.05) is 18.5 Å². The maximum Gasteiger partial charge on any atom is 0.326 e. The summed E-state index contributed by atoms with van der Waals surface area (Å²) in [5.41, 5.74) is 4.99. The number of amides is 2. The number of hydrogen-bond acceptors (Lipinski definition) is 4. The maximum atomic E-state index is 12.1. The summed E-state index contributed by atoms with van der Waals surface area (Å²) in [5, 5.41) is 14.9. The molecular formula is C12H19N3O4. The van der Waals surface area contributed by atoms with Crippen molar-refractivity contribution in [2.45, 2.75) is 50.2 Å². The number of primary amides is 1. The van der Waals surface area contributed by atoms with Crippen molar-refractivity contribution in [1.29, 1.82) is 0 Å². The topological polar surface area (TPSA) is 122 Å². The van der Waals surface area contributed by atoms with E-state index in [2.05, 4.69) is 10.6 Å². The van der Waals surface area contributed by atoms with Gasteiger partial charge in [-0.2, -0.15) is 0 Å². The molecule has 0 aromatic rings. The molecule has 0 aromatic heterocycles. The largest absolute Gasteiger partial charge is 0.480 e. The number of nitrogens with two attached hydrogens (primary N) is 1. The maximum absolute atomic E-state index is 12.1. The van der Waals surface area contributed by atoms with Gasteiger partial charge in [0.25, 0.3) is 0 Å². The van der Waals surface area contributed by atoms with Crippen LogP contribution in [0.2, 0.25) is 0 Å². The Morgan fingerprint density at radius 2 is 2.11 bits per heavy atom. The van der Waals surface area contributed by atoms with Gasteiger partial charge >= 0.3 is 5.97 Å². The van der Waals surface area contributed by atoms with E-state index in [0.717, 1.165) is 19.3 Å². The van der Waals surface area contributed by atoms with Crippen LogP contribution in [0.5, 0.6) is 0 Å². The zero-order valence-electron chi connectivity index (χ0n) is 10.6. The van der Waals surface area contributed by atoms with Crippen LogP contribution in [0.15, 0.2) is 0 Å². The average molecular weight is 269 g/mol. The zero-order chi connectivity index (χ0) is 14.0. The van der Waals surface area contributed by atoms with E-state index in [1.165, 1.54) is 0 Å². The van der Waals surface area contributed by atoms with E-state index in [1.54, 1.807) is 0 Å². The normalized spacial score (nSPS) is 30.0. The molecular weight excluding hydrogens is 250 g/mol. The van der Waals surface area contributed by atoms with E-state index >= 15 is 0 Å². The van der Waals surface area contributed by atoms with Crippen molar-refractivity contribution in [2.24, 2.45) is 11.7 Å². The third kappa shape index (κ3) is 3.23. The molecule has 2 heterocycles. The van der Waals surface area contributed by atoms with Crippen LogP contribution >= 0.6 is 0 Å². The first-order chi connectivity index (χ1) is 8.97. The van der Waals surface area contributed by atoms with Crippen LogP contribution in [0.3, 0.4) is 0 Å². The molecule has 2 bridgehead atoms. The molecule has 2 aliphatic heterocycles. The fraction of sp³-hybridized carbons (Fsp3) is 0.750. The van der Waals surface area contributed by atoms with Gasteiger partial charge in [-0.1, -0.05) is 0 Å². The molecule has 2 amide bonds. The van der Waals surface area contributed by atoms with Gasteiger partial charge < -0.3 is 21.5 Å². The summed E-state index contributed by atoms with van der Waals surface area (Å²) >= 11 is 0. The highest BCUT2D eigenvalue weighted by molar-refractivity contribution is 5.86. The van der Waals surface area contributed by atoms with Crippen LogP contribution < -0.4 is 16.4 Å². The van der Waals surface area contributed by atoms with Gasteiger partial charge in [0.15, 0.2) is 0 Å². The van der Waals surface area contributed by atoms with Gasteiger partial charge in [0.2, 0.25) is 11.8 Å². The van der Waals surface area contributed by atoms with Crippen LogP contribution in [-0.2, 0) is 14.4 Å². The fourth-order valence-electron chi connectivity index (χ4n) is 2.94. The van der Waals surface area contributed by atoms with Gasteiger partial charge in [0.1, 0.15) is 6.04 Å². The van der Waals surface area contributed by atoms with Gasteiger partial charge in [-0.25, -0.2) is 4.79 Å². The molecule has 5 N–H and O–H groups in total. The summed E-state index contributed by atoms with van der Waals surface area (Å²) in [7, 11) is 0. The van der Waals surface area contributed by atoms with Crippen LogP contribution in [-0.4, -0.2) is 41.0 Å². The Morgan fingerprint density at radius 1 is 1.37 bits per heavy atom. The molecule has 0 saturated carbocycles. The highest BCUT2D eigenvalue weighted by Gasteiger charge is 2.43. The fourth-order valence-corrected chi connectivity index (χ4v) is 2.94. The number of nitrogens with one attached hydrogen (secondary N) is 2. The first-order valence-electron chi connectivity index (χ1n) is 6.55. The SMILES string of the molecule is NC(=O)CC[C@H](NC(=O)C1CC2CCC1N2)C(=O)O. The molecule has 2 saturated heterocycles. The highest BCUT2D eigenvalue weighted by atomic mass is 16.4. The Labute approximate surface area is 110 Å². The standard InChI is InChI=1S/C12H19N3O4/c13-10(16)4-3-9(12(18)19)15-11(17)7-5-6-1-2-8(7)14-6/h6-9,14H,1-5H2,(H2,13,16)(H,15,17)(H,18,19)/t6?,7?,8?,9-/m0/s1. The van der Waals surface area contributed by atoms with E-state index in [4.69, 9.17) is 10.8 Å².